The molecular formula is C15H12ClNO3S. The summed E-state index contributed by atoms with van der Waals surface area (Å²) < 4.78 is 27.1. The molecule has 0 amide bonds. The van der Waals surface area contributed by atoms with Crippen LogP contribution in [0.3, 0.4) is 0 Å². The molecule has 108 valence electrons. The van der Waals surface area contributed by atoms with Crippen molar-refractivity contribution in [3.05, 3.63) is 53.6 Å². The molecule has 0 N–H and O–H groups in total. The lowest BCUT2D eigenvalue weighted by Gasteiger charge is -2.08. The number of benzene rings is 2. The Bertz CT molecular complexity index is 793. The summed E-state index contributed by atoms with van der Waals surface area (Å²) in [6, 6.07) is 14.3. The minimum absolute atomic E-state index is 0.0288. The van der Waals surface area contributed by atoms with Gasteiger partial charge in [0.1, 0.15) is 6.07 Å². The Morgan fingerprint density at radius 1 is 1.14 bits per heavy atom. The van der Waals surface area contributed by atoms with Crippen molar-refractivity contribution in [2.45, 2.75) is 5.88 Å². The fourth-order valence-electron chi connectivity index (χ4n) is 1.82. The number of hydrogen-bond acceptors (Lipinski definition) is 4. The largest absolute Gasteiger partial charge is 0.381 e. The first-order valence-corrected chi connectivity index (χ1v) is 8.37. The molecule has 0 bridgehead atoms. The molecule has 2 rings (SSSR count). The average molecular weight is 322 g/mol. The number of nitrogens with zero attached hydrogens (tertiary/aromatic N) is 1. The highest BCUT2D eigenvalue weighted by Crippen LogP contribution is 2.27. The van der Waals surface area contributed by atoms with Gasteiger partial charge in [-0.1, -0.05) is 30.3 Å². The maximum atomic E-state index is 11.2. The molecule has 0 atom stereocenters. The Kier molecular flexibility index (Phi) is 4.51. The number of nitriles is 1. The van der Waals surface area contributed by atoms with Crippen molar-refractivity contribution >= 4 is 21.7 Å². The Balaban J connectivity index is 2.41. The summed E-state index contributed by atoms with van der Waals surface area (Å²) in [7, 11) is -3.66. The van der Waals surface area contributed by atoms with Crippen molar-refractivity contribution in [1.82, 2.24) is 0 Å². The maximum Gasteiger partial charge on any atom is 0.306 e. The molecule has 0 unspecified atom stereocenters. The molecule has 2 aromatic carbocycles. The zero-order valence-electron chi connectivity index (χ0n) is 11.2. The third-order valence-electron chi connectivity index (χ3n) is 2.78. The van der Waals surface area contributed by atoms with Crippen LogP contribution in [0.4, 0.5) is 0 Å². The first-order chi connectivity index (χ1) is 9.93. The second-order valence-corrected chi connectivity index (χ2v) is 6.28. The predicted molar refractivity (Wildman–Crippen MR) is 81.6 cm³/mol. The fraction of sp³-hybridized carbons (Fsp3) is 0.133. The van der Waals surface area contributed by atoms with Crippen molar-refractivity contribution < 1.29 is 12.6 Å². The second kappa shape index (κ2) is 6.17. The normalized spacial score (nSPS) is 10.9. The minimum atomic E-state index is -3.66. The van der Waals surface area contributed by atoms with Gasteiger partial charge in [-0.05, 0) is 28.8 Å². The van der Waals surface area contributed by atoms with E-state index in [-0.39, 0.29) is 11.3 Å². The van der Waals surface area contributed by atoms with Crippen molar-refractivity contribution in [2.24, 2.45) is 0 Å². The molecule has 0 spiro atoms. The van der Waals surface area contributed by atoms with Gasteiger partial charge in [-0.2, -0.15) is 13.7 Å². The van der Waals surface area contributed by atoms with Gasteiger partial charge in [0.05, 0.1) is 11.8 Å². The molecule has 0 saturated carbocycles. The molecular weight excluding hydrogens is 310 g/mol. The van der Waals surface area contributed by atoms with Crippen LogP contribution in [-0.4, -0.2) is 14.7 Å². The lowest BCUT2D eigenvalue weighted by atomic mass is 10.0. The SMILES string of the molecule is CS(=O)(=O)Oc1ccc(-c2ccc(CCl)cc2)cc1C#N. The van der Waals surface area contributed by atoms with Gasteiger partial charge in [0.25, 0.3) is 0 Å². The Labute approximate surface area is 128 Å². The molecule has 0 fully saturated rings. The van der Waals surface area contributed by atoms with Crippen LogP contribution in [0.15, 0.2) is 42.5 Å². The first kappa shape index (κ1) is 15.4. The van der Waals surface area contributed by atoms with E-state index in [1.165, 1.54) is 6.07 Å². The molecule has 0 heterocycles. The van der Waals surface area contributed by atoms with Crippen molar-refractivity contribution in [1.29, 1.82) is 5.26 Å². The summed E-state index contributed by atoms with van der Waals surface area (Å²) in [5.74, 6) is 0.464. The Morgan fingerprint density at radius 2 is 1.76 bits per heavy atom. The van der Waals surface area contributed by atoms with E-state index in [4.69, 9.17) is 21.0 Å². The van der Waals surface area contributed by atoms with Crippen molar-refractivity contribution in [3.8, 4) is 22.9 Å². The quantitative estimate of drug-likeness (QED) is 0.640. The summed E-state index contributed by atoms with van der Waals surface area (Å²) in [6.45, 7) is 0. The van der Waals surface area contributed by atoms with Gasteiger partial charge in [0.2, 0.25) is 0 Å². The Morgan fingerprint density at radius 3 is 2.29 bits per heavy atom. The molecule has 0 radical (unpaired) electrons. The molecule has 6 heteroatoms. The van der Waals surface area contributed by atoms with Gasteiger partial charge in [-0.25, -0.2) is 0 Å². The smallest absolute Gasteiger partial charge is 0.306 e. The minimum Gasteiger partial charge on any atom is -0.381 e. The monoisotopic (exact) mass is 321 g/mol. The highest BCUT2D eigenvalue weighted by Gasteiger charge is 2.11. The molecule has 0 aliphatic heterocycles. The topological polar surface area (TPSA) is 67.2 Å². The number of halogens is 1. The van der Waals surface area contributed by atoms with Crippen LogP contribution in [0, 0.1) is 11.3 Å². The highest BCUT2D eigenvalue weighted by molar-refractivity contribution is 7.86. The standard InChI is InChI=1S/C15H12ClNO3S/c1-21(18,19)20-15-7-6-13(8-14(15)10-17)12-4-2-11(9-16)3-5-12/h2-8H,9H2,1H3. The second-order valence-electron chi connectivity index (χ2n) is 4.44. The van der Waals surface area contributed by atoms with E-state index in [1.807, 2.05) is 30.3 Å². The van der Waals surface area contributed by atoms with Crippen LogP contribution in [0.1, 0.15) is 11.1 Å². The zero-order chi connectivity index (χ0) is 15.5. The summed E-state index contributed by atoms with van der Waals surface area (Å²) >= 11 is 5.74. The van der Waals surface area contributed by atoms with Crippen LogP contribution in [0.25, 0.3) is 11.1 Å². The van der Waals surface area contributed by atoms with Gasteiger partial charge < -0.3 is 4.18 Å². The molecule has 0 saturated heterocycles. The summed E-state index contributed by atoms with van der Waals surface area (Å²) in [5, 5.41) is 9.13. The number of alkyl halides is 1. The Hall–Kier alpha value is -2.03. The van der Waals surface area contributed by atoms with E-state index in [2.05, 4.69) is 0 Å². The number of hydrogen-bond donors (Lipinski definition) is 0. The van der Waals surface area contributed by atoms with Gasteiger partial charge in [0, 0.05) is 5.88 Å². The fourth-order valence-corrected chi connectivity index (χ4v) is 2.47. The van der Waals surface area contributed by atoms with Crippen LogP contribution < -0.4 is 4.18 Å². The van der Waals surface area contributed by atoms with E-state index in [0.717, 1.165) is 22.9 Å². The third-order valence-corrected chi connectivity index (χ3v) is 3.57. The van der Waals surface area contributed by atoms with Gasteiger partial charge >= 0.3 is 10.1 Å². The van der Waals surface area contributed by atoms with E-state index >= 15 is 0 Å². The summed E-state index contributed by atoms with van der Waals surface area (Å²) in [4.78, 5) is 0. The van der Waals surface area contributed by atoms with Crippen molar-refractivity contribution in [3.63, 3.8) is 0 Å². The molecule has 0 aliphatic rings. The zero-order valence-corrected chi connectivity index (χ0v) is 12.8. The first-order valence-electron chi connectivity index (χ1n) is 6.02. The lowest BCUT2D eigenvalue weighted by molar-refractivity contribution is 0.492. The van der Waals surface area contributed by atoms with Crippen LogP contribution in [0.5, 0.6) is 5.75 Å². The van der Waals surface area contributed by atoms with E-state index in [0.29, 0.717) is 5.88 Å². The van der Waals surface area contributed by atoms with E-state index in [9.17, 15) is 8.42 Å². The number of rotatable bonds is 4. The molecule has 2 aromatic rings. The molecule has 21 heavy (non-hydrogen) atoms. The van der Waals surface area contributed by atoms with Crippen LogP contribution in [-0.2, 0) is 16.0 Å². The summed E-state index contributed by atoms with van der Waals surface area (Å²) in [6.07, 6.45) is 0.937. The summed E-state index contributed by atoms with van der Waals surface area (Å²) in [5.41, 5.74) is 2.87. The third kappa shape index (κ3) is 3.97. The van der Waals surface area contributed by atoms with Crippen molar-refractivity contribution in [2.75, 3.05) is 6.26 Å². The average Bonchev–Trinajstić information content (AvgIpc) is 2.46. The van der Waals surface area contributed by atoms with Gasteiger partial charge in [-0.15, -0.1) is 11.6 Å². The molecule has 0 aromatic heterocycles. The van der Waals surface area contributed by atoms with Gasteiger partial charge in [-0.3, -0.25) is 0 Å². The highest BCUT2D eigenvalue weighted by atomic mass is 35.5. The maximum absolute atomic E-state index is 11.2. The van der Waals surface area contributed by atoms with E-state index < -0.39 is 10.1 Å². The molecule has 0 aliphatic carbocycles. The lowest BCUT2D eigenvalue weighted by Crippen LogP contribution is -2.06. The van der Waals surface area contributed by atoms with Gasteiger partial charge in [0.15, 0.2) is 5.75 Å². The predicted octanol–water partition coefficient (Wildman–Crippen LogP) is 3.30. The molecule has 4 nitrogen and oxygen atoms in total. The van der Waals surface area contributed by atoms with Crippen LogP contribution in [0.2, 0.25) is 0 Å². The van der Waals surface area contributed by atoms with Crippen LogP contribution >= 0.6 is 11.6 Å². The van der Waals surface area contributed by atoms with E-state index in [1.54, 1.807) is 12.1 Å².